The molecule has 0 aliphatic rings. The molecule has 1 N–H and O–H groups in total. The molecule has 7 heteroatoms. The van der Waals surface area contributed by atoms with Gasteiger partial charge >= 0.3 is 0 Å². The highest BCUT2D eigenvalue weighted by molar-refractivity contribution is 8.01. The molecular weight excluding hydrogens is 386 g/mol. The third-order valence-electron chi connectivity index (χ3n) is 3.79. The fourth-order valence-electron chi connectivity index (χ4n) is 2.70. The number of anilines is 1. The van der Waals surface area contributed by atoms with Crippen molar-refractivity contribution in [1.29, 1.82) is 0 Å². The predicted molar refractivity (Wildman–Crippen MR) is 110 cm³/mol. The van der Waals surface area contributed by atoms with Crippen molar-refractivity contribution >= 4 is 46.5 Å². The number of nitrogens with one attached hydrogen (secondary N) is 1. The molecule has 0 radical (unpaired) electrons. The van der Waals surface area contributed by atoms with Crippen LogP contribution in [-0.4, -0.2) is 21.0 Å². The van der Waals surface area contributed by atoms with Crippen molar-refractivity contribution in [2.75, 3.05) is 11.1 Å². The first-order valence-corrected chi connectivity index (χ1v) is 10.2. The van der Waals surface area contributed by atoms with Gasteiger partial charge in [0.05, 0.1) is 10.8 Å². The first-order chi connectivity index (χ1) is 12.4. The molecule has 0 aliphatic carbocycles. The van der Waals surface area contributed by atoms with Crippen molar-refractivity contribution in [3.05, 3.63) is 58.1 Å². The summed E-state index contributed by atoms with van der Waals surface area (Å²) in [5.74, 6) is 0.817. The van der Waals surface area contributed by atoms with Gasteiger partial charge in [0.15, 0.2) is 10.2 Å². The Morgan fingerprint density at radius 3 is 2.58 bits per heavy atom. The molecule has 1 heterocycles. The Labute approximate surface area is 166 Å². The van der Waals surface area contributed by atoms with Crippen molar-refractivity contribution < 1.29 is 4.79 Å². The summed E-state index contributed by atoms with van der Waals surface area (Å²) in [6.45, 7) is 6.06. The number of halogens is 1. The van der Waals surface area contributed by atoms with Crippen LogP contribution in [0.15, 0.2) is 40.7 Å². The third kappa shape index (κ3) is 4.44. The Bertz CT molecular complexity index is 932. The van der Waals surface area contributed by atoms with E-state index >= 15 is 0 Å². The second-order valence-electron chi connectivity index (χ2n) is 5.97. The fourth-order valence-corrected chi connectivity index (χ4v) is 4.33. The van der Waals surface area contributed by atoms with Gasteiger partial charge in [-0.25, -0.2) is 4.98 Å². The van der Waals surface area contributed by atoms with E-state index < -0.39 is 0 Å². The SMILES string of the molecule is Cc1cc(C)c(NC(=O)CSc2nc(-c3ccccc3Cl)ns2)c(C)c1. The van der Waals surface area contributed by atoms with E-state index in [-0.39, 0.29) is 11.7 Å². The molecule has 0 spiro atoms. The number of carbonyl (C=O) groups excluding carboxylic acids is 1. The average molecular weight is 404 g/mol. The van der Waals surface area contributed by atoms with E-state index in [2.05, 4.69) is 26.8 Å². The van der Waals surface area contributed by atoms with Crippen molar-refractivity contribution in [3.63, 3.8) is 0 Å². The summed E-state index contributed by atoms with van der Waals surface area (Å²) in [6.07, 6.45) is 0. The smallest absolute Gasteiger partial charge is 0.234 e. The maximum Gasteiger partial charge on any atom is 0.234 e. The van der Waals surface area contributed by atoms with Crippen LogP contribution in [-0.2, 0) is 4.79 Å². The summed E-state index contributed by atoms with van der Waals surface area (Å²) in [7, 11) is 0. The van der Waals surface area contributed by atoms with Gasteiger partial charge in [-0.2, -0.15) is 4.37 Å². The molecule has 2 aromatic carbocycles. The first-order valence-electron chi connectivity index (χ1n) is 8.03. The summed E-state index contributed by atoms with van der Waals surface area (Å²) in [5.41, 5.74) is 5.01. The van der Waals surface area contributed by atoms with Crippen LogP contribution in [0.25, 0.3) is 11.4 Å². The minimum atomic E-state index is -0.0560. The minimum absolute atomic E-state index is 0.0560. The van der Waals surface area contributed by atoms with Gasteiger partial charge in [-0.1, -0.05) is 53.2 Å². The zero-order valence-electron chi connectivity index (χ0n) is 14.7. The number of hydrogen-bond acceptors (Lipinski definition) is 5. The van der Waals surface area contributed by atoms with Gasteiger partial charge < -0.3 is 5.32 Å². The van der Waals surface area contributed by atoms with Crippen LogP contribution in [0.3, 0.4) is 0 Å². The van der Waals surface area contributed by atoms with E-state index in [0.29, 0.717) is 10.8 Å². The molecule has 0 saturated carbocycles. The Hall–Kier alpha value is -1.89. The highest BCUT2D eigenvalue weighted by Gasteiger charge is 2.13. The molecule has 0 saturated heterocycles. The maximum absolute atomic E-state index is 12.3. The minimum Gasteiger partial charge on any atom is -0.325 e. The lowest BCUT2D eigenvalue weighted by Crippen LogP contribution is -2.15. The fraction of sp³-hybridized carbons (Fsp3) is 0.211. The predicted octanol–water partition coefficient (Wildman–Crippen LogP) is 5.51. The number of carbonyl (C=O) groups is 1. The van der Waals surface area contributed by atoms with Crippen molar-refractivity contribution in [3.8, 4) is 11.4 Å². The zero-order valence-corrected chi connectivity index (χ0v) is 17.1. The van der Waals surface area contributed by atoms with E-state index in [1.54, 1.807) is 0 Å². The summed E-state index contributed by atoms with van der Waals surface area (Å²) in [5, 5.41) is 3.61. The van der Waals surface area contributed by atoms with Crippen LogP contribution in [0.2, 0.25) is 5.02 Å². The van der Waals surface area contributed by atoms with E-state index in [1.165, 1.54) is 28.9 Å². The molecule has 1 amide bonds. The van der Waals surface area contributed by atoms with Crippen LogP contribution >= 0.6 is 34.9 Å². The van der Waals surface area contributed by atoms with E-state index in [4.69, 9.17) is 11.6 Å². The molecule has 134 valence electrons. The highest BCUT2D eigenvalue weighted by Crippen LogP contribution is 2.29. The molecule has 0 bridgehead atoms. The number of thioether (sulfide) groups is 1. The summed E-state index contributed by atoms with van der Waals surface area (Å²) < 4.78 is 5.08. The van der Waals surface area contributed by atoms with Crippen LogP contribution in [0.5, 0.6) is 0 Å². The Morgan fingerprint density at radius 2 is 1.88 bits per heavy atom. The Morgan fingerprint density at radius 1 is 1.19 bits per heavy atom. The molecule has 0 unspecified atom stereocenters. The molecule has 0 atom stereocenters. The zero-order chi connectivity index (χ0) is 18.7. The monoisotopic (exact) mass is 403 g/mol. The van der Waals surface area contributed by atoms with E-state index in [0.717, 1.165) is 26.7 Å². The normalized spacial score (nSPS) is 10.8. The standard InChI is InChI=1S/C19H18ClN3OS2/c1-11-8-12(2)17(13(3)9-11)21-16(24)10-25-19-22-18(23-26-19)14-6-4-5-7-15(14)20/h4-9H,10H2,1-3H3,(H,21,24). The lowest BCUT2D eigenvalue weighted by Gasteiger charge is -2.12. The molecule has 0 fully saturated rings. The molecule has 4 nitrogen and oxygen atoms in total. The number of benzene rings is 2. The number of aryl methyl sites for hydroxylation is 3. The number of aromatic nitrogens is 2. The van der Waals surface area contributed by atoms with Crippen molar-refractivity contribution in [1.82, 2.24) is 9.36 Å². The second-order valence-corrected chi connectivity index (χ2v) is 8.36. The van der Waals surface area contributed by atoms with Gasteiger partial charge in [0.1, 0.15) is 0 Å². The molecule has 0 aliphatic heterocycles. The van der Waals surface area contributed by atoms with Crippen LogP contribution in [0.1, 0.15) is 16.7 Å². The van der Waals surface area contributed by atoms with Gasteiger partial charge in [-0.15, -0.1) is 0 Å². The summed E-state index contributed by atoms with van der Waals surface area (Å²) >= 11 is 8.83. The molecule has 3 aromatic rings. The maximum atomic E-state index is 12.3. The number of nitrogens with zero attached hydrogens (tertiary/aromatic N) is 2. The van der Waals surface area contributed by atoms with Crippen molar-refractivity contribution in [2.45, 2.75) is 25.1 Å². The number of hydrogen-bond donors (Lipinski definition) is 1. The van der Waals surface area contributed by atoms with Gasteiger partial charge in [-0.3, -0.25) is 4.79 Å². The Balaban J connectivity index is 1.63. The van der Waals surface area contributed by atoms with Crippen LogP contribution in [0, 0.1) is 20.8 Å². The van der Waals surface area contributed by atoms with Crippen LogP contribution < -0.4 is 5.32 Å². The molecular formula is C19H18ClN3OS2. The summed E-state index contributed by atoms with van der Waals surface area (Å²) in [6, 6.07) is 11.6. The number of rotatable bonds is 5. The van der Waals surface area contributed by atoms with Crippen molar-refractivity contribution in [2.24, 2.45) is 0 Å². The summed E-state index contributed by atoms with van der Waals surface area (Å²) in [4.78, 5) is 16.8. The first kappa shape index (κ1) is 18.9. The van der Waals surface area contributed by atoms with Gasteiger partial charge in [0, 0.05) is 11.3 Å². The van der Waals surface area contributed by atoms with E-state index in [9.17, 15) is 4.79 Å². The van der Waals surface area contributed by atoms with Crippen LogP contribution in [0.4, 0.5) is 5.69 Å². The molecule has 3 rings (SSSR count). The molecule has 26 heavy (non-hydrogen) atoms. The van der Waals surface area contributed by atoms with Gasteiger partial charge in [0.25, 0.3) is 0 Å². The van der Waals surface area contributed by atoms with E-state index in [1.807, 2.05) is 45.0 Å². The average Bonchev–Trinajstić information content (AvgIpc) is 3.05. The second kappa shape index (κ2) is 8.20. The highest BCUT2D eigenvalue weighted by atomic mass is 35.5. The van der Waals surface area contributed by atoms with Gasteiger partial charge in [-0.05, 0) is 55.6 Å². The molecule has 1 aromatic heterocycles. The topological polar surface area (TPSA) is 54.9 Å². The largest absolute Gasteiger partial charge is 0.325 e. The quantitative estimate of drug-likeness (QED) is 0.570. The third-order valence-corrected chi connectivity index (χ3v) is 5.95. The lowest BCUT2D eigenvalue weighted by molar-refractivity contribution is -0.113. The lowest BCUT2D eigenvalue weighted by atomic mass is 10.1. The van der Waals surface area contributed by atoms with Gasteiger partial charge in [0.2, 0.25) is 5.91 Å². The number of amides is 1. The Kier molecular flexibility index (Phi) is 5.96.